The molecule has 3 N–H and O–H groups in total. The molecular formula is C14H28N6O6. The summed E-state index contributed by atoms with van der Waals surface area (Å²) in [5.41, 5.74) is 0. The van der Waals surface area contributed by atoms with Crippen LogP contribution in [0.3, 0.4) is 0 Å². The van der Waals surface area contributed by atoms with Crippen molar-refractivity contribution >= 4 is 17.8 Å². The van der Waals surface area contributed by atoms with Gasteiger partial charge in [0.2, 0.25) is 5.95 Å². The molecule has 12 heteroatoms. The summed E-state index contributed by atoms with van der Waals surface area (Å²) >= 11 is 0. The van der Waals surface area contributed by atoms with Crippen molar-refractivity contribution in [1.29, 1.82) is 0 Å². The van der Waals surface area contributed by atoms with Crippen LogP contribution in [-0.4, -0.2) is 69.3 Å². The Balaban J connectivity index is 3.39. The van der Waals surface area contributed by atoms with Crippen LogP contribution in [0.4, 0.5) is 17.8 Å². The van der Waals surface area contributed by atoms with E-state index in [0.29, 0.717) is 0 Å². The highest BCUT2D eigenvalue weighted by Crippen LogP contribution is 2.21. The molecule has 0 bridgehead atoms. The summed E-state index contributed by atoms with van der Waals surface area (Å²) in [6.07, 6.45) is -0.491. The molecule has 0 unspecified atom stereocenters. The Morgan fingerprint density at radius 2 is 1.31 bits per heavy atom. The van der Waals surface area contributed by atoms with E-state index in [9.17, 15) is 15.3 Å². The van der Waals surface area contributed by atoms with Gasteiger partial charge in [0.05, 0.1) is 18.8 Å². The second-order valence-corrected chi connectivity index (χ2v) is 5.56. The lowest BCUT2D eigenvalue weighted by Gasteiger charge is -2.27. The molecule has 1 aromatic rings. The number of hydroxylamine groups is 1. The highest BCUT2D eigenvalue weighted by molar-refractivity contribution is 5.43. The summed E-state index contributed by atoms with van der Waals surface area (Å²) in [6.45, 7) is 7.59. The maximum atomic E-state index is 9.49. The molecule has 150 valence electrons. The number of hydrogen-bond acceptors (Lipinski definition) is 12. The highest BCUT2D eigenvalue weighted by Gasteiger charge is 2.23. The van der Waals surface area contributed by atoms with E-state index < -0.39 is 20.2 Å². The second kappa shape index (κ2) is 11.0. The largest absolute Gasteiger partial charge is 0.376 e. The maximum absolute atomic E-state index is 9.49. The lowest BCUT2D eigenvalue weighted by molar-refractivity contribution is -0.135. The average Bonchev–Trinajstić information content (AvgIpc) is 2.59. The lowest BCUT2D eigenvalue weighted by Crippen LogP contribution is -2.35. The topological polar surface area (TPSA) is 137 Å². The van der Waals surface area contributed by atoms with Crippen LogP contribution in [0.25, 0.3) is 0 Å². The Labute approximate surface area is 152 Å². The molecule has 0 saturated carbocycles. The minimum Gasteiger partial charge on any atom is -0.376 e. The zero-order chi connectivity index (χ0) is 19.7. The minimum absolute atomic E-state index is 0.0440. The first-order valence-electron chi connectivity index (χ1n) is 8.23. The predicted molar refractivity (Wildman–Crippen MR) is 92.6 cm³/mol. The summed E-state index contributed by atoms with van der Waals surface area (Å²) in [5.74, 6) is -0.152. The number of aliphatic hydroxyl groups is 3. The molecule has 0 aliphatic carbocycles. The summed E-state index contributed by atoms with van der Waals surface area (Å²) < 4.78 is 0. The molecule has 0 aliphatic heterocycles. The first-order valence-corrected chi connectivity index (χ1v) is 8.23. The Kier molecular flexibility index (Phi) is 9.40. The van der Waals surface area contributed by atoms with Crippen molar-refractivity contribution in [2.24, 2.45) is 0 Å². The van der Waals surface area contributed by atoms with Gasteiger partial charge < -0.3 is 15.3 Å². The molecule has 0 atom stereocenters. The van der Waals surface area contributed by atoms with Crippen molar-refractivity contribution in [3.8, 4) is 0 Å². The number of aromatic nitrogens is 3. The highest BCUT2D eigenvalue weighted by atomic mass is 17.0. The lowest BCUT2D eigenvalue weighted by atomic mass is 10.5. The summed E-state index contributed by atoms with van der Waals surface area (Å²) in [7, 11) is 0. The van der Waals surface area contributed by atoms with Gasteiger partial charge in [-0.15, -0.1) is 0 Å². The number of rotatable bonds is 12. The first-order chi connectivity index (χ1) is 12.4. The van der Waals surface area contributed by atoms with E-state index in [2.05, 4.69) is 15.0 Å². The Bertz CT molecular complexity index is 521. The fourth-order valence-electron chi connectivity index (χ4n) is 1.67. The van der Waals surface area contributed by atoms with Gasteiger partial charge in [0.25, 0.3) is 11.9 Å². The quantitative estimate of drug-likeness (QED) is 0.328. The van der Waals surface area contributed by atoms with Crippen molar-refractivity contribution in [2.75, 3.05) is 42.0 Å². The maximum Gasteiger partial charge on any atom is 0.284 e. The summed E-state index contributed by atoms with van der Waals surface area (Å²) in [6, 6.07) is 0. The normalized spacial score (nSPS) is 11.3. The standard InChI is InChI=1S/C14H28N6O6/c1-6-24-19(9-23)13-15-12(18(7-21)8-22)16-14(17-13)20(25-10(2)3)26-11(4)5/h10-11,21-23H,6-9H2,1-5H3. The molecule has 1 rings (SSSR count). The van der Waals surface area contributed by atoms with E-state index in [0.717, 1.165) is 15.2 Å². The van der Waals surface area contributed by atoms with Crippen molar-refractivity contribution in [3.63, 3.8) is 0 Å². The van der Waals surface area contributed by atoms with Crippen molar-refractivity contribution in [3.05, 3.63) is 0 Å². The molecule has 0 saturated heterocycles. The van der Waals surface area contributed by atoms with Crippen molar-refractivity contribution < 1.29 is 29.8 Å². The fraction of sp³-hybridized carbons (Fsp3) is 0.786. The van der Waals surface area contributed by atoms with Gasteiger partial charge in [0.15, 0.2) is 0 Å². The van der Waals surface area contributed by atoms with Gasteiger partial charge in [0, 0.05) is 0 Å². The molecule has 0 amide bonds. The van der Waals surface area contributed by atoms with Crippen molar-refractivity contribution in [2.45, 2.75) is 46.8 Å². The van der Waals surface area contributed by atoms with Gasteiger partial charge >= 0.3 is 0 Å². The smallest absolute Gasteiger partial charge is 0.284 e. The zero-order valence-electron chi connectivity index (χ0n) is 15.7. The summed E-state index contributed by atoms with van der Waals surface area (Å²) in [4.78, 5) is 29.9. The second-order valence-electron chi connectivity index (χ2n) is 5.56. The van der Waals surface area contributed by atoms with E-state index in [1.165, 1.54) is 0 Å². The molecule has 0 radical (unpaired) electrons. The van der Waals surface area contributed by atoms with E-state index in [4.69, 9.17) is 14.5 Å². The minimum atomic E-state index is -0.538. The Morgan fingerprint density at radius 1 is 0.808 bits per heavy atom. The van der Waals surface area contributed by atoms with Gasteiger partial charge in [-0.2, -0.15) is 20.0 Å². The van der Waals surface area contributed by atoms with Gasteiger partial charge in [-0.3, -0.25) is 9.74 Å². The van der Waals surface area contributed by atoms with Crippen LogP contribution in [0, 0.1) is 0 Å². The zero-order valence-corrected chi connectivity index (χ0v) is 15.7. The van der Waals surface area contributed by atoms with Gasteiger partial charge in [0.1, 0.15) is 20.2 Å². The number of anilines is 3. The molecule has 26 heavy (non-hydrogen) atoms. The Morgan fingerprint density at radius 3 is 1.73 bits per heavy atom. The Hall–Kier alpha value is -1.83. The van der Waals surface area contributed by atoms with Gasteiger partial charge in [-0.05, 0) is 34.6 Å². The van der Waals surface area contributed by atoms with Crippen LogP contribution in [0.5, 0.6) is 0 Å². The molecule has 0 aliphatic rings. The molecule has 0 aromatic carbocycles. The van der Waals surface area contributed by atoms with Crippen molar-refractivity contribution in [1.82, 2.24) is 15.0 Å². The van der Waals surface area contributed by atoms with E-state index >= 15 is 0 Å². The average molecular weight is 376 g/mol. The molecule has 0 spiro atoms. The third-order valence-corrected chi connectivity index (χ3v) is 2.64. The van der Waals surface area contributed by atoms with Gasteiger partial charge in [-0.1, -0.05) is 5.23 Å². The van der Waals surface area contributed by atoms with E-state index in [-0.39, 0.29) is 36.7 Å². The van der Waals surface area contributed by atoms with Crippen LogP contribution in [-0.2, 0) is 14.5 Å². The monoisotopic (exact) mass is 376 g/mol. The molecule has 12 nitrogen and oxygen atoms in total. The third-order valence-electron chi connectivity index (χ3n) is 2.64. The predicted octanol–water partition coefficient (Wildman–Crippen LogP) is -0.228. The molecule has 1 heterocycles. The van der Waals surface area contributed by atoms with Crippen LogP contribution in [0.15, 0.2) is 0 Å². The molecular weight excluding hydrogens is 348 g/mol. The fourth-order valence-corrected chi connectivity index (χ4v) is 1.67. The van der Waals surface area contributed by atoms with Crippen LogP contribution in [0.1, 0.15) is 34.6 Å². The molecule has 0 fully saturated rings. The number of hydrogen-bond donors (Lipinski definition) is 3. The van der Waals surface area contributed by atoms with E-state index in [1.54, 1.807) is 34.6 Å². The molecule has 1 aromatic heterocycles. The first kappa shape index (κ1) is 22.2. The van der Waals surface area contributed by atoms with E-state index in [1.807, 2.05) is 0 Å². The SMILES string of the molecule is CCON(CO)c1nc(N(CO)CO)nc(N(OC(C)C)OC(C)C)n1. The number of nitrogens with zero attached hydrogens (tertiary/aromatic N) is 6. The van der Waals surface area contributed by atoms with Gasteiger partial charge in [-0.25, -0.2) is 9.68 Å². The van der Waals surface area contributed by atoms with Crippen LogP contribution < -0.4 is 15.2 Å². The van der Waals surface area contributed by atoms with Crippen LogP contribution in [0.2, 0.25) is 0 Å². The number of aliphatic hydroxyl groups excluding tert-OH is 3. The third kappa shape index (κ3) is 6.48. The van der Waals surface area contributed by atoms with Crippen LogP contribution >= 0.6 is 0 Å². The summed E-state index contributed by atoms with van der Waals surface area (Å²) in [5, 5.41) is 30.3.